The number of nitrogens with zero attached hydrogens (tertiary/aromatic N) is 2. The first kappa shape index (κ1) is 12.9. The van der Waals surface area contributed by atoms with Crippen molar-refractivity contribution in [3.8, 4) is 17.0 Å². The van der Waals surface area contributed by atoms with Gasteiger partial charge in [-0.05, 0) is 6.07 Å². The average molecular weight is 264 g/mol. The van der Waals surface area contributed by atoms with Crippen molar-refractivity contribution in [2.75, 3.05) is 14.2 Å². The molecule has 19 heavy (non-hydrogen) atoms. The maximum atomic E-state index is 11.8. The Kier molecular flexibility index (Phi) is 3.37. The number of esters is 1. The summed E-state index contributed by atoms with van der Waals surface area (Å²) < 4.78 is 15.9. The molecule has 0 saturated carbocycles. The van der Waals surface area contributed by atoms with Crippen molar-refractivity contribution in [3.05, 3.63) is 34.5 Å². The molecule has 0 saturated heterocycles. The summed E-state index contributed by atoms with van der Waals surface area (Å²) in [6.07, 6.45) is 1.71. The Morgan fingerprint density at radius 1 is 1.42 bits per heavy atom. The van der Waals surface area contributed by atoms with E-state index in [0.29, 0.717) is 11.3 Å². The van der Waals surface area contributed by atoms with Crippen molar-refractivity contribution in [2.24, 2.45) is 7.05 Å². The molecule has 0 aliphatic rings. The minimum absolute atomic E-state index is 0.00801. The first-order valence-electron chi connectivity index (χ1n) is 5.37. The quantitative estimate of drug-likeness (QED) is 0.764. The van der Waals surface area contributed by atoms with Gasteiger partial charge in [0.15, 0.2) is 0 Å². The van der Waals surface area contributed by atoms with Crippen molar-refractivity contribution in [3.63, 3.8) is 0 Å². The third-order valence-corrected chi connectivity index (χ3v) is 2.49. The van der Waals surface area contributed by atoms with Crippen molar-refractivity contribution in [2.45, 2.75) is 0 Å². The minimum Gasteiger partial charge on any atom is -0.489 e. The van der Waals surface area contributed by atoms with Crippen molar-refractivity contribution in [1.82, 2.24) is 9.78 Å². The summed E-state index contributed by atoms with van der Waals surface area (Å²) in [5.41, 5.74) is 0.114. The lowest BCUT2D eigenvalue weighted by Gasteiger charge is -2.06. The number of carbonyl (C=O) groups excluding carboxylic acids is 1. The van der Waals surface area contributed by atoms with Gasteiger partial charge in [0, 0.05) is 19.3 Å². The highest BCUT2D eigenvalue weighted by molar-refractivity contribution is 5.88. The van der Waals surface area contributed by atoms with Gasteiger partial charge < -0.3 is 13.9 Å². The highest BCUT2D eigenvalue weighted by Gasteiger charge is 2.19. The molecule has 0 amide bonds. The second kappa shape index (κ2) is 4.97. The molecule has 2 rings (SSSR count). The van der Waals surface area contributed by atoms with E-state index in [1.807, 2.05) is 0 Å². The zero-order valence-electron chi connectivity index (χ0n) is 10.7. The number of aryl methyl sites for hydroxylation is 1. The van der Waals surface area contributed by atoms with Gasteiger partial charge in [-0.3, -0.25) is 4.68 Å². The fourth-order valence-corrected chi connectivity index (χ4v) is 1.63. The second-order valence-corrected chi connectivity index (χ2v) is 3.71. The topological polar surface area (TPSA) is 83.6 Å². The van der Waals surface area contributed by atoms with E-state index >= 15 is 0 Å². The summed E-state index contributed by atoms with van der Waals surface area (Å²) in [6.45, 7) is 0. The van der Waals surface area contributed by atoms with E-state index in [1.54, 1.807) is 24.0 Å². The number of hydrogen-bond donors (Lipinski definition) is 0. The third kappa shape index (κ3) is 2.35. The van der Waals surface area contributed by atoms with Crippen LogP contribution in [0.15, 0.2) is 27.5 Å². The van der Waals surface area contributed by atoms with Crippen LogP contribution in [0, 0.1) is 0 Å². The van der Waals surface area contributed by atoms with Crippen LogP contribution in [0.3, 0.4) is 0 Å². The molecule has 0 unspecified atom stereocenters. The Morgan fingerprint density at radius 2 is 2.16 bits per heavy atom. The van der Waals surface area contributed by atoms with Crippen LogP contribution in [0.2, 0.25) is 0 Å². The second-order valence-electron chi connectivity index (χ2n) is 3.71. The third-order valence-electron chi connectivity index (χ3n) is 2.49. The molecule has 2 aromatic heterocycles. The molecule has 0 radical (unpaired) electrons. The Labute approximate surface area is 108 Å². The number of aromatic nitrogens is 2. The van der Waals surface area contributed by atoms with E-state index < -0.39 is 11.6 Å². The Hall–Kier alpha value is -2.57. The molecule has 0 N–H and O–H groups in total. The molecule has 0 atom stereocenters. The summed E-state index contributed by atoms with van der Waals surface area (Å²) in [4.78, 5) is 23.2. The zero-order valence-corrected chi connectivity index (χ0v) is 10.7. The molecule has 0 aliphatic heterocycles. The molecular weight excluding hydrogens is 252 g/mol. The van der Waals surface area contributed by atoms with Crippen LogP contribution in [0.5, 0.6) is 5.75 Å². The molecule has 0 aliphatic carbocycles. The van der Waals surface area contributed by atoms with Gasteiger partial charge in [-0.2, -0.15) is 5.10 Å². The molecule has 0 fully saturated rings. The first-order valence-corrected chi connectivity index (χ1v) is 5.37. The number of ether oxygens (including phenoxy) is 2. The molecule has 7 nitrogen and oxygen atoms in total. The van der Waals surface area contributed by atoms with E-state index in [4.69, 9.17) is 9.15 Å². The molecule has 0 bridgehead atoms. The fourth-order valence-electron chi connectivity index (χ4n) is 1.63. The number of rotatable bonds is 3. The van der Waals surface area contributed by atoms with Crippen LogP contribution in [0.25, 0.3) is 11.3 Å². The van der Waals surface area contributed by atoms with Gasteiger partial charge in [-0.25, -0.2) is 9.59 Å². The zero-order chi connectivity index (χ0) is 14.0. The van der Waals surface area contributed by atoms with E-state index in [9.17, 15) is 9.59 Å². The molecule has 2 heterocycles. The van der Waals surface area contributed by atoms with E-state index in [-0.39, 0.29) is 11.5 Å². The van der Waals surface area contributed by atoms with Gasteiger partial charge in [0.1, 0.15) is 0 Å². The minimum atomic E-state index is -0.758. The summed E-state index contributed by atoms with van der Waals surface area (Å²) in [5, 5.41) is 4.16. The average Bonchev–Trinajstić information content (AvgIpc) is 2.83. The van der Waals surface area contributed by atoms with Crippen LogP contribution in [-0.2, 0) is 11.8 Å². The summed E-state index contributed by atoms with van der Waals surface area (Å²) in [6, 6.07) is 3.06. The maximum Gasteiger partial charge on any atom is 0.379 e. The van der Waals surface area contributed by atoms with Crippen LogP contribution in [0.4, 0.5) is 0 Å². The van der Waals surface area contributed by atoms with Gasteiger partial charge in [0.05, 0.1) is 25.5 Å². The Balaban J connectivity index is 2.66. The van der Waals surface area contributed by atoms with Crippen LogP contribution < -0.4 is 10.4 Å². The molecule has 100 valence electrons. The van der Waals surface area contributed by atoms with Crippen LogP contribution in [-0.4, -0.2) is 30.0 Å². The van der Waals surface area contributed by atoms with Gasteiger partial charge in [0.2, 0.25) is 11.5 Å². The number of methoxy groups -OCH3 is 2. The van der Waals surface area contributed by atoms with E-state index in [0.717, 1.165) is 0 Å². The maximum absolute atomic E-state index is 11.8. The van der Waals surface area contributed by atoms with Crippen molar-refractivity contribution >= 4 is 5.97 Å². The molecule has 7 heteroatoms. The van der Waals surface area contributed by atoms with E-state index in [2.05, 4.69) is 9.84 Å². The van der Waals surface area contributed by atoms with Gasteiger partial charge >= 0.3 is 11.6 Å². The lowest BCUT2D eigenvalue weighted by Crippen LogP contribution is -2.11. The normalized spacial score (nSPS) is 10.3. The van der Waals surface area contributed by atoms with Gasteiger partial charge in [-0.1, -0.05) is 0 Å². The lowest BCUT2D eigenvalue weighted by atomic mass is 10.1. The smallest absolute Gasteiger partial charge is 0.379 e. The van der Waals surface area contributed by atoms with Crippen LogP contribution >= 0.6 is 0 Å². The van der Waals surface area contributed by atoms with E-state index in [1.165, 1.54) is 20.3 Å². The number of carbonyl (C=O) groups is 1. The van der Waals surface area contributed by atoms with Crippen LogP contribution in [0.1, 0.15) is 10.6 Å². The first-order chi connectivity index (χ1) is 9.06. The summed E-state index contributed by atoms with van der Waals surface area (Å²) in [5.74, 6) is -0.947. The molecule has 0 aromatic carbocycles. The highest BCUT2D eigenvalue weighted by Crippen LogP contribution is 2.26. The number of hydrogen-bond acceptors (Lipinski definition) is 6. The molecule has 0 spiro atoms. The standard InChI is InChI=1S/C12H12N2O5/c1-14-5-4-8(13-14)7-6-9(11(15)18-3)19-12(16)10(7)17-2/h4-6H,1-3H3. The summed E-state index contributed by atoms with van der Waals surface area (Å²) >= 11 is 0. The molecule has 2 aromatic rings. The highest BCUT2D eigenvalue weighted by atomic mass is 16.5. The Bertz CT molecular complexity index is 671. The monoisotopic (exact) mass is 264 g/mol. The van der Waals surface area contributed by atoms with Gasteiger partial charge in [-0.15, -0.1) is 0 Å². The SMILES string of the molecule is COC(=O)c1cc(-c2ccn(C)n2)c(OC)c(=O)o1. The molecular formula is C12H12N2O5. The summed E-state index contributed by atoms with van der Waals surface area (Å²) in [7, 11) is 4.28. The predicted molar refractivity (Wildman–Crippen MR) is 65.1 cm³/mol. The fraction of sp³-hybridized carbons (Fsp3) is 0.250. The van der Waals surface area contributed by atoms with Crippen molar-refractivity contribution in [1.29, 1.82) is 0 Å². The van der Waals surface area contributed by atoms with Gasteiger partial charge in [0.25, 0.3) is 0 Å². The lowest BCUT2D eigenvalue weighted by molar-refractivity contribution is 0.0559. The van der Waals surface area contributed by atoms with Crippen molar-refractivity contribution < 1.29 is 18.7 Å². The predicted octanol–water partition coefficient (Wildman–Crippen LogP) is 0.835. The largest absolute Gasteiger partial charge is 0.489 e. The Morgan fingerprint density at radius 3 is 2.68 bits per heavy atom.